The van der Waals surface area contributed by atoms with Gasteiger partial charge >= 0.3 is 0 Å². The molecular formula is C22H29N3O. The summed E-state index contributed by atoms with van der Waals surface area (Å²) in [6, 6.07) is 4.09. The van der Waals surface area contributed by atoms with E-state index in [0.29, 0.717) is 5.91 Å². The van der Waals surface area contributed by atoms with Gasteiger partial charge < -0.3 is 9.88 Å². The molecule has 0 radical (unpaired) electrons. The van der Waals surface area contributed by atoms with E-state index < -0.39 is 0 Å². The maximum Gasteiger partial charge on any atom is 0.222 e. The lowest BCUT2D eigenvalue weighted by molar-refractivity contribution is -0.130. The Bertz CT molecular complexity index is 786. The van der Waals surface area contributed by atoms with Crippen molar-refractivity contribution in [2.75, 3.05) is 13.1 Å². The van der Waals surface area contributed by atoms with Gasteiger partial charge in [0.1, 0.15) is 5.65 Å². The van der Waals surface area contributed by atoms with Crippen molar-refractivity contribution in [3.8, 4) is 0 Å². The molecule has 0 spiro atoms. The average Bonchev–Trinajstić information content (AvgIpc) is 3.13. The molecule has 1 N–H and O–H groups in total. The summed E-state index contributed by atoms with van der Waals surface area (Å²) in [7, 11) is 0. The molecule has 1 aliphatic carbocycles. The highest BCUT2D eigenvalue weighted by atomic mass is 16.2. The standard InChI is InChI=1S/C22H29N3O/c26-21(10-4-8-17-6-2-1-3-7-17)25-14-11-18(12-15-25)20-16-24-22-19(20)9-5-13-23-22/h5,9,11,13,16-17H,1-4,6-8,10,12,14-15H2,(H,23,24). The highest BCUT2D eigenvalue weighted by Crippen LogP contribution is 2.30. The highest BCUT2D eigenvalue weighted by molar-refractivity contribution is 5.91. The van der Waals surface area contributed by atoms with E-state index in [9.17, 15) is 4.79 Å². The Morgan fingerprint density at radius 1 is 1.27 bits per heavy atom. The molecule has 4 rings (SSSR count). The normalized spacial score (nSPS) is 18.9. The summed E-state index contributed by atoms with van der Waals surface area (Å²) in [6.07, 6.45) is 17.0. The molecule has 4 heteroatoms. The molecule has 138 valence electrons. The molecule has 26 heavy (non-hydrogen) atoms. The number of nitrogens with one attached hydrogen (secondary N) is 1. The molecule has 0 saturated heterocycles. The number of aromatic amines is 1. The molecule has 0 atom stereocenters. The molecule has 2 aromatic heterocycles. The molecule has 1 aliphatic heterocycles. The minimum atomic E-state index is 0.330. The monoisotopic (exact) mass is 351 g/mol. The number of H-pyrrole nitrogens is 1. The fourth-order valence-electron chi connectivity index (χ4n) is 4.54. The Labute approximate surface area is 155 Å². The van der Waals surface area contributed by atoms with Crippen molar-refractivity contribution in [2.45, 2.75) is 57.8 Å². The van der Waals surface area contributed by atoms with Crippen LogP contribution in [0.25, 0.3) is 16.6 Å². The van der Waals surface area contributed by atoms with Crippen LogP contribution in [0, 0.1) is 5.92 Å². The van der Waals surface area contributed by atoms with Gasteiger partial charge in [0.15, 0.2) is 0 Å². The van der Waals surface area contributed by atoms with E-state index in [4.69, 9.17) is 0 Å². The number of aromatic nitrogens is 2. The molecular weight excluding hydrogens is 322 g/mol. The lowest BCUT2D eigenvalue weighted by Crippen LogP contribution is -2.34. The summed E-state index contributed by atoms with van der Waals surface area (Å²) in [5, 5.41) is 1.17. The number of amides is 1. The van der Waals surface area contributed by atoms with Gasteiger partial charge in [-0.25, -0.2) is 4.98 Å². The molecule has 0 bridgehead atoms. The fraction of sp³-hybridized carbons (Fsp3) is 0.545. The van der Waals surface area contributed by atoms with Gasteiger partial charge in [0, 0.05) is 42.9 Å². The molecule has 1 saturated carbocycles. The first-order valence-electron chi connectivity index (χ1n) is 10.2. The Hall–Kier alpha value is -2.10. The van der Waals surface area contributed by atoms with E-state index in [0.717, 1.165) is 43.9 Å². The Morgan fingerprint density at radius 3 is 2.96 bits per heavy atom. The molecule has 0 aromatic carbocycles. The van der Waals surface area contributed by atoms with Crippen molar-refractivity contribution in [3.05, 3.63) is 36.2 Å². The zero-order valence-electron chi connectivity index (χ0n) is 15.5. The second-order valence-corrected chi connectivity index (χ2v) is 7.82. The van der Waals surface area contributed by atoms with Gasteiger partial charge in [-0.1, -0.05) is 38.2 Å². The van der Waals surface area contributed by atoms with Crippen molar-refractivity contribution in [3.63, 3.8) is 0 Å². The zero-order chi connectivity index (χ0) is 17.8. The number of nitrogens with zero attached hydrogens (tertiary/aromatic N) is 2. The summed E-state index contributed by atoms with van der Waals surface area (Å²) < 4.78 is 0. The first-order valence-corrected chi connectivity index (χ1v) is 10.2. The summed E-state index contributed by atoms with van der Waals surface area (Å²) in [6.45, 7) is 1.57. The van der Waals surface area contributed by atoms with Gasteiger partial charge in [0.05, 0.1) is 0 Å². The van der Waals surface area contributed by atoms with Crippen LogP contribution in [0.1, 0.15) is 63.4 Å². The van der Waals surface area contributed by atoms with Crippen LogP contribution >= 0.6 is 0 Å². The van der Waals surface area contributed by atoms with Gasteiger partial charge in [-0.2, -0.15) is 0 Å². The van der Waals surface area contributed by atoms with Crippen molar-refractivity contribution in [1.29, 1.82) is 0 Å². The minimum absolute atomic E-state index is 0.330. The third kappa shape index (κ3) is 3.84. The molecule has 4 nitrogen and oxygen atoms in total. The predicted octanol–water partition coefficient (Wildman–Crippen LogP) is 4.93. The fourth-order valence-corrected chi connectivity index (χ4v) is 4.54. The average molecular weight is 351 g/mol. The van der Waals surface area contributed by atoms with Gasteiger partial charge in [0.25, 0.3) is 0 Å². The largest absolute Gasteiger partial charge is 0.346 e. The van der Waals surface area contributed by atoms with Crippen LogP contribution in [0.5, 0.6) is 0 Å². The lowest BCUT2D eigenvalue weighted by Gasteiger charge is -2.27. The van der Waals surface area contributed by atoms with E-state index in [2.05, 4.69) is 22.1 Å². The highest BCUT2D eigenvalue weighted by Gasteiger charge is 2.20. The van der Waals surface area contributed by atoms with E-state index in [1.54, 1.807) is 0 Å². The third-order valence-corrected chi connectivity index (χ3v) is 6.09. The molecule has 2 aliphatic rings. The Morgan fingerprint density at radius 2 is 2.15 bits per heavy atom. The number of hydrogen-bond acceptors (Lipinski definition) is 2. The topological polar surface area (TPSA) is 49.0 Å². The van der Waals surface area contributed by atoms with Gasteiger partial charge in [-0.05, 0) is 42.9 Å². The number of carbonyl (C=O) groups is 1. The SMILES string of the molecule is O=C(CCCC1CCCCC1)N1CC=C(c2c[nH]c3ncccc23)CC1. The van der Waals surface area contributed by atoms with E-state index >= 15 is 0 Å². The first-order chi connectivity index (χ1) is 12.8. The van der Waals surface area contributed by atoms with Crippen LogP contribution in [-0.4, -0.2) is 33.9 Å². The number of pyridine rings is 1. The Kier molecular flexibility index (Phi) is 5.37. The molecule has 0 unspecified atom stereocenters. The molecule has 1 fully saturated rings. The van der Waals surface area contributed by atoms with Gasteiger partial charge in [-0.3, -0.25) is 4.79 Å². The number of rotatable bonds is 5. The second kappa shape index (κ2) is 8.07. The van der Waals surface area contributed by atoms with E-state index in [1.807, 2.05) is 23.4 Å². The van der Waals surface area contributed by atoms with Crippen molar-refractivity contribution in [1.82, 2.24) is 14.9 Å². The molecule has 1 amide bonds. The summed E-state index contributed by atoms with van der Waals surface area (Å²) >= 11 is 0. The quantitative estimate of drug-likeness (QED) is 0.830. The van der Waals surface area contributed by atoms with Gasteiger partial charge in [0.2, 0.25) is 5.91 Å². The summed E-state index contributed by atoms with van der Waals surface area (Å²) in [5.74, 6) is 1.21. The molecule has 2 aromatic rings. The van der Waals surface area contributed by atoms with E-state index in [-0.39, 0.29) is 0 Å². The first kappa shape index (κ1) is 17.3. The van der Waals surface area contributed by atoms with Crippen molar-refractivity contribution in [2.24, 2.45) is 5.92 Å². The predicted molar refractivity (Wildman–Crippen MR) is 106 cm³/mol. The van der Waals surface area contributed by atoms with E-state index in [1.165, 1.54) is 55.0 Å². The smallest absolute Gasteiger partial charge is 0.222 e. The summed E-state index contributed by atoms with van der Waals surface area (Å²) in [4.78, 5) is 22.2. The van der Waals surface area contributed by atoms with Crippen molar-refractivity contribution < 1.29 is 4.79 Å². The van der Waals surface area contributed by atoms with Gasteiger partial charge in [-0.15, -0.1) is 0 Å². The van der Waals surface area contributed by atoms with Crippen LogP contribution in [0.2, 0.25) is 0 Å². The van der Waals surface area contributed by atoms with Crippen molar-refractivity contribution >= 4 is 22.5 Å². The van der Waals surface area contributed by atoms with Crippen LogP contribution in [0.4, 0.5) is 0 Å². The lowest BCUT2D eigenvalue weighted by atomic mass is 9.86. The van der Waals surface area contributed by atoms with Crippen LogP contribution in [0.15, 0.2) is 30.6 Å². The minimum Gasteiger partial charge on any atom is -0.346 e. The maximum atomic E-state index is 12.5. The second-order valence-electron chi connectivity index (χ2n) is 7.82. The molecule has 3 heterocycles. The maximum absolute atomic E-state index is 12.5. The third-order valence-electron chi connectivity index (χ3n) is 6.09. The van der Waals surface area contributed by atoms with Crippen LogP contribution in [-0.2, 0) is 4.79 Å². The zero-order valence-corrected chi connectivity index (χ0v) is 15.5. The number of carbonyl (C=O) groups excluding carboxylic acids is 1. The number of fused-ring (bicyclic) bond motifs is 1. The number of hydrogen-bond donors (Lipinski definition) is 1. The Balaban J connectivity index is 1.30. The summed E-state index contributed by atoms with van der Waals surface area (Å²) in [5.41, 5.74) is 3.50. The van der Waals surface area contributed by atoms with Crippen LogP contribution < -0.4 is 0 Å². The van der Waals surface area contributed by atoms with Crippen LogP contribution in [0.3, 0.4) is 0 Å².